The fraction of sp³-hybridized carbons (Fsp3) is 0.636. The van der Waals surface area contributed by atoms with Gasteiger partial charge in [0.25, 0.3) is 10.0 Å². The Hall–Kier alpha value is -1.03. The summed E-state index contributed by atoms with van der Waals surface area (Å²) in [6.45, 7) is 1.91. The molecule has 9 heteroatoms. The van der Waals surface area contributed by atoms with E-state index in [1.807, 2.05) is 0 Å². The van der Waals surface area contributed by atoms with Gasteiger partial charge in [-0.3, -0.25) is 4.90 Å². The molecule has 0 amide bonds. The molecule has 3 heterocycles. The van der Waals surface area contributed by atoms with Gasteiger partial charge in [0, 0.05) is 18.6 Å². The van der Waals surface area contributed by atoms with Gasteiger partial charge in [-0.1, -0.05) is 0 Å². The normalized spacial score (nSPS) is 26.8. The first-order valence-electron chi connectivity index (χ1n) is 6.42. The number of aromatic carboxylic acids is 1. The number of thiazole rings is 1. The first-order chi connectivity index (χ1) is 9.49. The minimum atomic E-state index is -3.82. The number of carboxylic acids is 1. The number of hydrogen-bond donors (Lipinski definition) is 2. The van der Waals surface area contributed by atoms with Crippen molar-refractivity contribution in [1.29, 1.82) is 0 Å². The summed E-state index contributed by atoms with van der Waals surface area (Å²) < 4.78 is 27.1. The van der Waals surface area contributed by atoms with Crippen molar-refractivity contribution >= 4 is 27.3 Å². The SMILES string of the molecule is O=C(O)c1ncsc1S(=O)(=O)NC1CCN2CCCC12. The molecule has 3 rings (SSSR count). The monoisotopic (exact) mass is 317 g/mol. The third kappa shape index (κ3) is 2.34. The molecule has 7 nitrogen and oxygen atoms in total. The lowest BCUT2D eigenvalue weighted by molar-refractivity contribution is 0.0687. The Morgan fingerprint density at radius 3 is 3.00 bits per heavy atom. The van der Waals surface area contributed by atoms with Crippen molar-refractivity contribution in [3.8, 4) is 0 Å². The van der Waals surface area contributed by atoms with Crippen LogP contribution in [0.2, 0.25) is 0 Å². The lowest BCUT2D eigenvalue weighted by atomic mass is 10.1. The lowest BCUT2D eigenvalue weighted by Gasteiger charge is -2.20. The maximum atomic E-state index is 12.3. The summed E-state index contributed by atoms with van der Waals surface area (Å²) in [6, 6.07) is 0.109. The number of nitrogens with zero attached hydrogens (tertiary/aromatic N) is 2. The van der Waals surface area contributed by atoms with Gasteiger partial charge in [-0.15, -0.1) is 11.3 Å². The van der Waals surface area contributed by atoms with Crippen LogP contribution < -0.4 is 4.72 Å². The molecule has 0 aromatic carbocycles. The van der Waals surface area contributed by atoms with Gasteiger partial charge in [0.1, 0.15) is 0 Å². The Bertz CT molecular complexity index is 627. The highest BCUT2D eigenvalue weighted by molar-refractivity contribution is 7.91. The van der Waals surface area contributed by atoms with Gasteiger partial charge in [-0.2, -0.15) is 0 Å². The minimum absolute atomic E-state index is 0.133. The van der Waals surface area contributed by atoms with Crippen molar-refractivity contribution in [2.75, 3.05) is 13.1 Å². The third-order valence-corrected chi connectivity index (χ3v) is 6.75. The molecule has 0 spiro atoms. The second-order valence-electron chi connectivity index (χ2n) is 5.06. The second-order valence-corrected chi connectivity index (χ2v) is 7.82. The van der Waals surface area contributed by atoms with E-state index < -0.39 is 21.7 Å². The average Bonchev–Trinajstić information content (AvgIpc) is 3.04. The van der Waals surface area contributed by atoms with Crippen LogP contribution in [0.15, 0.2) is 9.72 Å². The summed E-state index contributed by atoms with van der Waals surface area (Å²) in [5, 5.41) is 8.97. The van der Waals surface area contributed by atoms with Gasteiger partial charge in [0.2, 0.25) is 0 Å². The molecule has 1 aromatic rings. The van der Waals surface area contributed by atoms with Gasteiger partial charge in [0.15, 0.2) is 9.90 Å². The van der Waals surface area contributed by atoms with Crippen LogP contribution in [0.3, 0.4) is 0 Å². The number of nitrogens with one attached hydrogen (secondary N) is 1. The van der Waals surface area contributed by atoms with Crippen LogP contribution in [0.1, 0.15) is 29.8 Å². The van der Waals surface area contributed by atoms with Crippen molar-refractivity contribution in [3.05, 3.63) is 11.2 Å². The zero-order valence-corrected chi connectivity index (χ0v) is 12.3. The first kappa shape index (κ1) is 13.9. The number of fused-ring (bicyclic) bond motifs is 1. The predicted octanol–water partition coefficient (Wildman–Crippen LogP) is 0.356. The van der Waals surface area contributed by atoms with Crippen molar-refractivity contribution in [2.45, 2.75) is 35.6 Å². The maximum absolute atomic E-state index is 12.3. The number of carbonyl (C=O) groups is 1. The molecule has 2 aliphatic rings. The van der Waals surface area contributed by atoms with E-state index in [2.05, 4.69) is 14.6 Å². The summed E-state index contributed by atoms with van der Waals surface area (Å²) in [4.78, 5) is 16.9. The van der Waals surface area contributed by atoms with E-state index in [1.165, 1.54) is 5.51 Å². The van der Waals surface area contributed by atoms with E-state index in [0.29, 0.717) is 0 Å². The van der Waals surface area contributed by atoms with E-state index in [9.17, 15) is 13.2 Å². The molecule has 2 saturated heterocycles. The van der Waals surface area contributed by atoms with Crippen LogP contribution in [0.25, 0.3) is 0 Å². The summed E-state index contributed by atoms with van der Waals surface area (Å²) in [6.07, 6.45) is 2.84. The number of sulfonamides is 1. The second kappa shape index (κ2) is 5.06. The van der Waals surface area contributed by atoms with Crippen LogP contribution >= 0.6 is 11.3 Å². The third-order valence-electron chi connectivity index (χ3n) is 3.89. The van der Waals surface area contributed by atoms with E-state index >= 15 is 0 Å². The highest BCUT2D eigenvalue weighted by atomic mass is 32.2. The van der Waals surface area contributed by atoms with Gasteiger partial charge in [-0.25, -0.2) is 22.9 Å². The number of aromatic nitrogens is 1. The van der Waals surface area contributed by atoms with Gasteiger partial charge >= 0.3 is 5.97 Å². The van der Waals surface area contributed by atoms with E-state index in [1.54, 1.807) is 0 Å². The van der Waals surface area contributed by atoms with Crippen LogP contribution in [-0.2, 0) is 10.0 Å². The van der Waals surface area contributed by atoms with Gasteiger partial charge in [0.05, 0.1) is 5.51 Å². The number of carboxylic acid groups (broad SMARTS) is 1. The largest absolute Gasteiger partial charge is 0.476 e. The summed E-state index contributed by atoms with van der Waals surface area (Å²) >= 11 is 0.837. The maximum Gasteiger partial charge on any atom is 0.356 e. The molecule has 2 aliphatic heterocycles. The highest BCUT2D eigenvalue weighted by Crippen LogP contribution is 2.29. The van der Waals surface area contributed by atoms with Gasteiger partial charge < -0.3 is 5.11 Å². The average molecular weight is 317 g/mol. The molecule has 0 aliphatic carbocycles. The Labute approximate surface area is 120 Å². The zero-order chi connectivity index (χ0) is 14.3. The molecule has 2 N–H and O–H groups in total. The molecule has 2 fully saturated rings. The van der Waals surface area contributed by atoms with Crippen molar-refractivity contribution < 1.29 is 18.3 Å². The first-order valence-corrected chi connectivity index (χ1v) is 8.78. The summed E-state index contributed by atoms with van der Waals surface area (Å²) in [7, 11) is -3.82. The molecule has 0 radical (unpaired) electrons. The topological polar surface area (TPSA) is 99.6 Å². The van der Waals surface area contributed by atoms with E-state index in [-0.39, 0.29) is 16.3 Å². The highest BCUT2D eigenvalue weighted by Gasteiger charge is 2.40. The Kier molecular flexibility index (Phi) is 3.53. The van der Waals surface area contributed by atoms with Gasteiger partial charge in [-0.05, 0) is 25.8 Å². The predicted molar refractivity (Wildman–Crippen MR) is 72.4 cm³/mol. The molecule has 0 saturated carbocycles. The molecular weight excluding hydrogens is 302 g/mol. The zero-order valence-electron chi connectivity index (χ0n) is 10.7. The Balaban J connectivity index is 1.82. The molecule has 1 aromatic heterocycles. The molecule has 110 valence electrons. The Morgan fingerprint density at radius 2 is 2.25 bits per heavy atom. The quantitative estimate of drug-likeness (QED) is 0.831. The smallest absolute Gasteiger partial charge is 0.356 e. The number of rotatable bonds is 4. The molecule has 2 unspecified atom stereocenters. The van der Waals surface area contributed by atoms with E-state index in [4.69, 9.17) is 5.11 Å². The molecule has 0 bridgehead atoms. The number of hydrogen-bond acceptors (Lipinski definition) is 6. The van der Waals surface area contributed by atoms with E-state index in [0.717, 1.165) is 43.7 Å². The Morgan fingerprint density at radius 1 is 1.45 bits per heavy atom. The van der Waals surface area contributed by atoms with Crippen molar-refractivity contribution in [1.82, 2.24) is 14.6 Å². The van der Waals surface area contributed by atoms with Crippen LogP contribution in [0, 0.1) is 0 Å². The summed E-state index contributed by atoms with van der Waals surface area (Å²) in [5.74, 6) is -1.32. The van der Waals surface area contributed by atoms with Crippen LogP contribution in [0.5, 0.6) is 0 Å². The lowest BCUT2D eigenvalue weighted by Crippen LogP contribution is -2.42. The fourth-order valence-electron chi connectivity index (χ4n) is 3.04. The standard InChI is InChI=1S/C11H15N3O4S2/c15-10(16)9-11(19-6-12-9)20(17,18)13-7-3-5-14-4-1-2-8(7)14/h6-8,13H,1-5H2,(H,15,16). The van der Waals surface area contributed by atoms with Crippen molar-refractivity contribution in [3.63, 3.8) is 0 Å². The molecular formula is C11H15N3O4S2. The van der Waals surface area contributed by atoms with Crippen LogP contribution in [-0.4, -0.2) is 54.6 Å². The molecule has 20 heavy (non-hydrogen) atoms. The van der Waals surface area contributed by atoms with Crippen molar-refractivity contribution in [2.24, 2.45) is 0 Å². The minimum Gasteiger partial charge on any atom is -0.476 e. The van der Waals surface area contributed by atoms with Crippen LogP contribution in [0.4, 0.5) is 0 Å². The molecule has 2 atom stereocenters. The fourth-order valence-corrected chi connectivity index (χ4v) is 5.50. The summed E-state index contributed by atoms with van der Waals surface area (Å²) in [5.41, 5.74) is 0.845.